The summed E-state index contributed by atoms with van der Waals surface area (Å²) in [5.41, 5.74) is 0.543. The maximum absolute atomic E-state index is 14.0. The van der Waals surface area contributed by atoms with Crippen molar-refractivity contribution in [2.75, 3.05) is 25.2 Å². The zero-order valence-electron chi connectivity index (χ0n) is 12.4. The smallest absolute Gasteiger partial charge is 0.313 e. The molecule has 0 aliphatic carbocycles. The number of carbonyl (C=O) groups is 2. The molecule has 0 bridgehead atoms. The van der Waals surface area contributed by atoms with Gasteiger partial charge in [0.15, 0.2) is 0 Å². The van der Waals surface area contributed by atoms with Crippen LogP contribution in [0.4, 0.5) is 4.39 Å². The second-order valence-electron chi connectivity index (χ2n) is 4.66. The Balaban J connectivity index is 2.12. The zero-order valence-corrected chi connectivity index (χ0v) is 14.1. The lowest BCUT2D eigenvalue weighted by Crippen LogP contribution is -2.26. The normalized spacial score (nSPS) is 10.9. The predicted molar refractivity (Wildman–Crippen MR) is 89.8 cm³/mol. The molecule has 2 aromatic rings. The van der Waals surface area contributed by atoms with Gasteiger partial charge in [0.05, 0.1) is 17.2 Å². The van der Waals surface area contributed by atoms with Crippen LogP contribution in [0.3, 0.4) is 0 Å². The van der Waals surface area contributed by atoms with Crippen molar-refractivity contribution in [2.45, 2.75) is 6.61 Å². The number of benzene rings is 1. The fraction of sp³-hybridized carbons (Fsp3) is 0.333. The second-order valence-corrected chi connectivity index (χ2v) is 6.82. The molecule has 0 unspecified atom stereocenters. The maximum Gasteiger partial charge on any atom is 0.313 e. The van der Waals surface area contributed by atoms with E-state index in [0.29, 0.717) is 32.8 Å². The number of thiophene rings is 1. The van der Waals surface area contributed by atoms with Gasteiger partial charge in [-0.3, -0.25) is 9.59 Å². The van der Waals surface area contributed by atoms with E-state index in [1.165, 1.54) is 36.3 Å². The van der Waals surface area contributed by atoms with E-state index >= 15 is 0 Å². The summed E-state index contributed by atoms with van der Waals surface area (Å²) >= 11 is 2.45. The van der Waals surface area contributed by atoms with Crippen LogP contribution in [0.25, 0.3) is 10.1 Å². The van der Waals surface area contributed by atoms with Gasteiger partial charge >= 0.3 is 5.97 Å². The molecule has 1 aromatic heterocycles. The Morgan fingerprint density at radius 2 is 2.22 bits per heavy atom. The molecular weight excluding hydrogens is 341 g/mol. The summed E-state index contributed by atoms with van der Waals surface area (Å²) in [7, 11) is 1.49. The SMILES string of the molecule is COCc1c(C(=O)NCCSCC(=O)O)sc2cccc(F)c12. The monoisotopic (exact) mass is 357 g/mol. The summed E-state index contributed by atoms with van der Waals surface area (Å²) in [5, 5.41) is 11.7. The summed E-state index contributed by atoms with van der Waals surface area (Å²) < 4.78 is 19.8. The average molecular weight is 357 g/mol. The fourth-order valence-corrected chi connectivity index (χ4v) is 3.81. The van der Waals surface area contributed by atoms with E-state index in [1.54, 1.807) is 12.1 Å². The molecular formula is C15H16FNO4S2. The summed E-state index contributed by atoms with van der Waals surface area (Å²) in [4.78, 5) is 23.1. The number of nitrogens with one attached hydrogen (secondary N) is 1. The lowest BCUT2D eigenvalue weighted by atomic mass is 10.1. The van der Waals surface area contributed by atoms with Gasteiger partial charge < -0.3 is 15.2 Å². The minimum atomic E-state index is -0.885. The van der Waals surface area contributed by atoms with Crippen LogP contribution in [0, 0.1) is 5.82 Å². The van der Waals surface area contributed by atoms with Crippen molar-refractivity contribution in [3.05, 3.63) is 34.5 Å². The van der Waals surface area contributed by atoms with E-state index in [0.717, 1.165) is 0 Å². The lowest BCUT2D eigenvalue weighted by Gasteiger charge is -2.06. The number of hydrogen-bond donors (Lipinski definition) is 2. The third-order valence-corrected chi connectivity index (χ3v) is 5.16. The number of hydrogen-bond acceptors (Lipinski definition) is 5. The van der Waals surface area contributed by atoms with Crippen molar-refractivity contribution in [3.8, 4) is 0 Å². The molecule has 0 spiro atoms. The number of carboxylic acid groups (broad SMARTS) is 1. The number of ether oxygens (including phenoxy) is 1. The van der Waals surface area contributed by atoms with Gasteiger partial charge in [0.25, 0.3) is 5.91 Å². The average Bonchev–Trinajstić information content (AvgIpc) is 2.87. The van der Waals surface area contributed by atoms with E-state index in [-0.39, 0.29) is 24.1 Å². The Kier molecular flexibility index (Phi) is 6.37. The van der Waals surface area contributed by atoms with E-state index in [2.05, 4.69) is 5.32 Å². The second kappa shape index (κ2) is 8.28. The molecule has 2 rings (SSSR count). The minimum absolute atomic E-state index is 0.00110. The molecule has 0 saturated heterocycles. The van der Waals surface area contributed by atoms with Gasteiger partial charge in [0.1, 0.15) is 5.82 Å². The molecule has 124 valence electrons. The molecule has 23 heavy (non-hydrogen) atoms. The summed E-state index contributed by atoms with van der Waals surface area (Å²) in [6.45, 7) is 0.497. The minimum Gasteiger partial charge on any atom is -0.481 e. The molecule has 1 heterocycles. The zero-order chi connectivity index (χ0) is 16.8. The number of rotatable bonds is 8. The van der Waals surface area contributed by atoms with Crippen LogP contribution >= 0.6 is 23.1 Å². The van der Waals surface area contributed by atoms with Gasteiger partial charge in [-0.05, 0) is 12.1 Å². The van der Waals surface area contributed by atoms with Crippen LogP contribution in [-0.2, 0) is 16.1 Å². The Morgan fingerprint density at radius 3 is 2.91 bits per heavy atom. The highest BCUT2D eigenvalue weighted by Crippen LogP contribution is 2.33. The van der Waals surface area contributed by atoms with Gasteiger partial charge in [-0.25, -0.2) is 4.39 Å². The van der Waals surface area contributed by atoms with Crippen molar-refractivity contribution in [2.24, 2.45) is 0 Å². The maximum atomic E-state index is 14.0. The standard InChI is InChI=1S/C15H16FNO4S2/c1-21-7-9-13-10(16)3-2-4-11(13)23-14(9)15(20)17-5-6-22-8-12(18)19/h2-4H,5-8H2,1H3,(H,17,20)(H,18,19). The van der Waals surface area contributed by atoms with Crippen LogP contribution in [0.15, 0.2) is 18.2 Å². The van der Waals surface area contributed by atoms with Crippen LogP contribution in [0.5, 0.6) is 0 Å². The van der Waals surface area contributed by atoms with Crippen molar-refractivity contribution >= 4 is 45.1 Å². The van der Waals surface area contributed by atoms with Crippen LogP contribution in [0.1, 0.15) is 15.2 Å². The molecule has 0 atom stereocenters. The van der Waals surface area contributed by atoms with Gasteiger partial charge in [0, 0.05) is 35.1 Å². The molecule has 0 saturated carbocycles. The number of methoxy groups -OCH3 is 1. The summed E-state index contributed by atoms with van der Waals surface area (Å²) in [6, 6.07) is 4.73. The van der Waals surface area contributed by atoms with Gasteiger partial charge in [-0.1, -0.05) is 6.07 Å². The molecule has 0 radical (unpaired) electrons. The van der Waals surface area contributed by atoms with Gasteiger partial charge in [-0.15, -0.1) is 23.1 Å². The molecule has 1 amide bonds. The Hall–Kier alpha value is -1.64. The molecule has 8 heteroatoms. The predicted octanol–water partition coefficient (Wildman–Crippen LogP) is 2.73. The van der Waals surface area contributed by atoms with Crippen LogP contribution in [-0.4, -0.2) is 42.1 Å². The molecule has 0 aliphatic heterocycles. The summed E-state index contributed by atoms with van der Waals surface area (Å²) in [5.74, 6) is -1.06. The number of carboxylic acids is 1. The Labute approximate surface area is 140 Å². The number of amides is 1. The van der Waals surface area contributed by atoms with Crippen molar-refractivity contribution in [1.82, 2.24) is 5.32 Å². The quantitative estimate of drug-likeness (QED) is 0.711. The largest absolute Gasteiger partial charge is 0.481 e. The first-order valence-corrected chi connectivity index (χ1v) is 8.78. The molecule has 2 N–H and O–H groups in total. The number of fused-ring (bicyclic) bond motifs is 1. The third-order valence-electron chi connectivity index (χ3n) is 3.02. The molecule has 5 nitrogen and oxygen atoms in total. The van der Waals surface area contributed by atoms with Crippen molar-refractivity contribution in [3.63, 3.8) is 0 Å². The van der Waals surface area contributed by atoms with E-state index < -0.39 is 5.97 Å². The number of carbonyl (C=O) groups excluding carboxylic acids is 1. The van der Waals surface area contributed by atoms with Crippen molar-refractivity contribution in [1.29, 1.82) is 0 Å². The van der Waals surface area contributed by atoms with Crippen molar-refractivity contribution < 1.29 is 23.8 Å². The highest BCUT2D eigenvalue weighted by molar-refractivity contribution is 7.99. The molecule has 1 aromatic carbocycles. The molecule has 0 fully saturated rings. The first-order valence-electron chi connectivity index (χ1n) is 6.81. The number of halogens is 1. The first-order chi connectivity index (χ1) is 11.0. The summed E-state index contributed by atoms with van der Waals surface area (Å²) in [6.07, 6.45) is 0. The first kappa shape index (κ1) is 17.7. The van der Waals surface area contributed by atoms with Crippen LogP contribution < -0.4 is 5.32 Å². The van der Waals surface area contributed by atoms with E-state index in [9.17, 15) is 14.0 Å². The lowest BCUT2D eigenvalue weighted by molar-refractivity contribution is -0.133. The van der Waals surface area contributed by atoms with E-state index in [4.69, 9.17) is 9.84 Å². The van der Waals surface area contributed by atoms with Gasteiger partial charge in [-0.2, -0.15) is 0 Å². The Bertz CT molecular complexity index is 717. The van der Waals surface area contributed by atoms with E-state index in [1.807, 2.05) is 0 Å². The fourth-order valence-electron chi connectivity index (χ4n) is 2.11. The highest BCUT2D eigenvalue weighted by atomic mass is 32.2. The number of aliphatic carboxylic acids is 1. The topological polar surface area (TPSA) is 75.6 Å². The van der Waals surface area contributed by atoms with Gasteiger partial charge in [0.2, 0.25) is 0 Å². The Morgan fingerprint density at radius 1 is 1.43 bits per heavy atom. The number of thioether (sulfide) groups is 1. The highest BCUT2D eigenvalue weighted by Gasteiger charge is 2.20. The molecule has 0 aliphatic rings. The third kappa shape index (κ3) is 4.43. The van der Waals surface area contributed by atoms with Crippen LogP contribution in [0.2, 0.25) is 0 Å².